The molecule has 0 radical (unpaired) electrons. The number of carbonyl (C=O) groups excluding carboxylic acids is 1. The molecule has 0 spiro atoms. The van der Waals surface area contributed by atoms with Gasteiger partial charge in [0.1, 0.15) is 5.82 Å². The van der Waals surface area contributed by atoms with Crippen LogP contribution in [0.25, 0.3) is 0 Å². The monoisotopic (exact) mass is 358 g/mol. The normalized spacial score (nSPS) is 18.4. The van der Waals surface area contributed by atoms with E-state index in [4.69, 9.17) is 4.74 Å². The average molecular weight is 358 g/mol. The van der Waals surface area contributed by atoms with Gasteiger partial charge in [-0.2, -0.15) is 4.31 Å². The van der Waals surface area contributed by atoms with E-state index in [0.29, 0.717) is 44.2 Å². The summed E-state index contributed by atoms with van der Waals surface area (Å²) in [5, 5.41) is 2.75. The maximum Gasteiger partial charge on any atom is 0.226 e. The molecule has 2 heterocycles. The number of hydrogen-bond donors (Lipinski definition) is 1. The fourth-order valence-corrected chi connectivity index (χ4v) is 4.57. The van der Waals surface area contributed by atoms with Crippen molar-refractivity contribution in [1.82, 2.24) is 19.2 Å². The molecule has 0 bridgehead atoms. The van der Waals surface area contributed by atoms with Crippen LogP contribution in [0.5, 0.6) is 0 Å². The SMILES string of the molecule is CCCS(=O)(=O)N1CCn2cc(CC(=O)NCCOC)nc2[C@@H]1C. The molecule has 1 aromatic rings. The highest BCUT2D eigenvalue weighted by atomic mass is 32.2. The molecule has 0 aromatic carbocycles. The third-order valence-electron chi connectivity index (χ3n) is 4.01. The van der Waals surface area contributed by atoms with E-state index < -0.39 is 10.0 Å². The van der Waals surface area contributed by atoms with Crippen LogP contribution in [0.4, 0.5) is 0 Å². The predicted octanol–water partition coefficient (Wildman–Crippen LogP) is 0.305. The van der Waals surface area contributed by atoms with Gasteiger partial charge in [0.25, 0.3) is 0 Å². The number of aromatic nitrogens is 2. The Hall–Kier alpha value is -1.45. The van der Waals surface area contributed by atoms with Crippen molar-refractivity contribution in [3.63, 3.8) is 0 Å². The molecular formula is C15H26N4O4S. The highest BCUT2D eigenvalue weighted by Gasteiger charge is 2.33. The number of nitrogens with one attached hydrogen (secondary N) is 1. The molecule has 1 atom stereocenters. The summed E-state index contributed by atoms with van der Waals surface area (Å²) in [7, 11) is -1.69. The highest BCUT2D eigenvalue weighted by Crippen LogP contribution is 2.27. The fourth-order valence-electron chi connectivity index (χ4n) is 2.89. The molecule has 9 heteroatoms. The van der Waals surface area contributed by atoms with Crippen LogP contribution in [0.1, 0.15) is 37.8 Å². The summed E-state index contributed by atoms with van der Waals surface area (Å²) in [5.41, 5.74) is 0.654. The zero-order chi connectivity index (χ0) is 17.7. The number of amides is 1. The van der Waals surface area contributed by atoms with E-state index >= 15 is 0 Å². The second-order valence-corrected chi connectivity index (χ2v) is 7.95. The summed E-state index contributed by atoms with van der Waals surface area (Å²) >= 11 is 0. The molecule has 2 rings (SSSR count). The van der Waals surface area contributed by atoms with Gasteiger partial charge in [-0.25, -0.2) is 13.4 Å². The Labute approximate surface area is 143 Å². The lowest BCUT2D eigenvalue weighted by molar-refractivity contribution is -0.120. The van der Waals surface area contributed by atoms with Crippen molar-refractivity contribution in [3.8, 4) is 0 Å². The lowest BCUT2D eigenvalue weighted by Gasteiger charge is -2.32. The highest BCUT2D eigenvalue weighted by molar-refractivity contribution is 7.89. The van der Waals surface area contributed by atoms with Gasteiger partial charge in [-0.1, -0.05) is 6.92 Å². The third kappa shape index (κ3) is 4.34. The molecule has 0 saturated heterocycles. The molecule has 136 valence electrons. The van der Waals surface area contributed by atoms with Crippen molar-refractivity contribution >= 4 is 15.9 Å². The Morgan fingerprint density at radius 3 is 2.88 bits per heavy atom. The average Bonchev–Trinajstić information content (AvgIpc) is 2.91. The van der Waals surface area contributed by atoms with Gasteiger partial charge in [-0.15, -0.1) is 0 Å². The van der Waals surface area contributed by atoms with Crippen LogP contribution < -0.4 is 5.32 Å². The van der Waals surface area contributed by atoms with Gasteiger partial charge in [0.2, 0.25) is 15.9 Å². The van der Waals surface area contributed by atoms with Gasteiger partial charge < -0.3 is 14.6 Å². The smallest absolute Gasteiger partial charge is 0.226 e. The van der Waals surface area contributed by atoms with Crippen LogP contribution >= 0.6 is 0 Å². The van der Waals surface area contributed by atoms with Gasteiger partial charge in [0.05, 0.1) is 30.5 Å². The first-order chi connectivity index (χ1) is 11.4. The lowest BCUT2D eigenvalue weighted by Crippen LogP contribution is -2.42. The number of rotatable bonds is 8. The quantitative estimate of drug-likeness (QED) is 0.675. The van der Waals surface area contributed by atoms with Gasteiger partial charge >= 0.3 is 0 Å². The Balaban J connectivity index is 2.07. The first-order valence-corrected chi connectivity index (χ1v) is 9.81. The van der Waals surface area contributed by atoms with E-state index in [1.807, 2.05) is 24.6 Å². The van der Waals surface area contributed by atoms with Crippen LogP contribution in [0.2, 0.25) is 0 Å². The van der Waals surface area contributed by atoms with Gasteiger partial charge in [-0.05, 0) is 13.3 Å². The number of imidazole rings is 1. The van der Waals surface area contributed by atoms with E-state index in [1.165, 1.54) is 4.31 Å². The van der Waals surface area contributed by atoms with Crippen molar-refractivity contribution in [2.75, 3.05) is 32.6 Å². The number of sulfonamides is 1. The summed E-state index contributed by atoms with van der Waals surface area (Å²) in [4.78, 5) is 16.4. The van der Waals surface area contributed by atoms with E-state index in [9.17, 15) is 13.2 Å². The van der Waals surface area contributed by atoms with Crippen molar-refractivity contribution in [1.29, 1.82) is 0 Å². The maximum absolute atomic E-state index is 12.4. The van der Waals surface area contributed by atoms with Crippen LogP contribution in [0.3, 0.4) is 0 Å². The number of ether oxygens (including phenoxy) is 1. The standard InChI is InChI=1S/C15H26N4O4S/c1-4-9-24(21,22)19-7-6-18-11-13(17-15(18)12(19)2)10-14(20)16-5-8-23-3/h11-12H,4-10H2,1-3H3,(H,16,20)/t12-/m0/s1. The number of hydrogen-bond acceptors (Lipinski definition) is 5. The number of nitrogens with zero attached hydrogens (tertiary/aromatic N) is 3. The largest absolute Gasteiger partial charge is 0.383 e. The van der Waals surface area contributed by atoms with E-state index in [-0.39, 0.29) is 24.1 Å². The van der Waals surface area contributed by atoms with Crippen molar-refractivity contribution in [3.05, 3.63) is 17.7 Å². The molecule has 0 fully saturated rings. The van der Waals surface area contributed by atoms with Gasteiger partial charge in [-0.3, -0.25) is 4.79 Å². The number of methoxy groups -OCH3 is 1. The van der Waals surface area contributed by atoms with Crippen LogP contribution in [-0.4, -0.2) is 60.7 Å². The minimum absolute atomic E-state index is 0.120. The van der Waals surface area contributed by atoms with Crippen molar-refractivity contribution in [2.24, 2.45) is 0 Å². The molecular weight excluding hydrogens is 332 g/mol. The molecule has 0 aliphatic carbocycles. The Morgan fingerprint density at radius 1 is 1.46 bits per heavy atom. The van der Waals surface area contributed by atoms with Crippen LogP contribution in [0.15, 0.2) is 6.20 Å². The predicted molar refractivity (Wildman–Crippen MR) is 90.0 cm³/mol. The molecule has 1 N–H and O–H groups in total. The Kier molecular flexibility index (Phi) is 6.36. The lowest BCUT2D eigenvalue weighted by atomic mass is 10.2. The molecule has 24 heavy (non-hydrogen) atoms. The van der Waals surface area contributed by atoms with E-state index in [1.54, 1.807) is 7.11 Å². The first kappa shape index (κ1) is 18.9. The molecule has 1 aliphatic rings. The molecule has 0 saturated carbocycles. The van der Waals surface area contributed by atoms with Crippen molar-refractivity contribution < 1.29 is 17.9 Å². The molecule has 1 aliphatic heterocycles. The number of fused-ring (bicyclic) bond motifs is 1. The Morgan fingerprint density at radius 2 is 2.21 bits per heavy atom. The van der Waals surface area contributed by atoms with E-state index in [0.717, 1.165) is 0 Å². The second kappa shape index (κ2) is 8.09. The van der Waals surface area contributed by atoms with Crippen LogP contribution in [0, 0.1) is 0 Å². The summed E-state index contributed by atoms with van der Waals surface area (Å²) in [5.74, 6) is 0.721. The Bertz CT molecular complexity index is 671. The zero-order valence-electron chi connectivity index (χ0n) is 14.5. The zero-order valence-corrected chi connectivity index (χ0v) is 15.3. The third-order valence-corrected chi connectivity index (χ3v) is 6.15. The summed E-state index contributed by atoms with van der Waals surface area (Å²) in [6.45, 7) is 5.61. The molecule has 1 aromatic heterocycles. The minimum Gasteiger partial charge on any atom is -0.383 e. The fraction of sp³-hybridized carbons (Fsp3) is 0.733. The minimum atomic E-state index is -3.27. The molecule has 0 unspecified atom stereocenters. The van der Waals surface area contributed by atoms with Crippen molar-refractivity contribution in [2.45, 2.75) is 39.3 Å². The maximum atomic E-state index is 12.4. The molecule has 1 amide bonds. The summed E-state index contributed by atoms with van der Waals surface area (Å²) < 4.78 is 33.0. The summed E-state index contributed by atoms with van der Waals surface area (Å²) in [6.07, 6.45) is 2.61. The topological polar surface area (TPSA) is 93.5 Å². The van der Waals surface area contributed by atoms with E-state index in [2.05, 4.69) is 10.3 Å². The first-order valence-electron chi connectivity index (χ1n) is 8.20. The van der Waals surface area contributed by atoms with Gasteiger partial charge in [0.15, 0.2) is 0 Å². The second-order valence-electron chi connectivity index (χ2n) is 5.91. The summed E-state index contributed by atoms with van der Waals surface area (Å²) in [6, 6.07) is -0.319. The van der Waals surface area contributed by atoms with Gasteiger partial charge in [0, 0.05) is 32.9 Å². The number of carbonyl (C=O) groups is 1. The van der Waals surface area contributed by atoms with Crippen LogP contribution in [-0.2, 0) is 32.5 Å². The molecule has 8 nitrogen and oxygen atoms in total.